The van der Waals surface area contributed by atoms with E-state index in [1.807, 2.05) is 6.26 Å². The first-order chi connectivity index (χ1) is 7.60. The van der Waals surface area contributed by atoms with Gasteiger partial charge in [0.15, 0.2) is 0 Å². The zero-order chi connectivity index (χ0) is 11.8. The van der Waals surface area contributed by atoms with E-state index in [0.717, 1.165) is 19.3 Å². The second kappa shape index (κ2) is 4.28. The van der Waals surface area contributed by atoms with Gasteiger partial charge in [0.25, 0.3) is 0 Å². The number of carboxylic acids is 1. The van der Waals surface area contributed by atoms with E-state index >= 15 is 0 Å². The fourth-order valence-electron chi connectivity index (χ4n) is 3.04. The number of hydrogen-bond donors (Lipinski definition) is 1. The van der Waals surface area contributed by atoms with Gasteiger partial charge in [0.2, 0.25) is 5.91 Å². The molecule has 2 aliphatic rings. The van der Waals surface area contributed by atoms with Crippen molar-refractivity contribution in [1.29, 1.82) is 0 Å². The highest BCUT2D eigenvalue weighted by molar-refractivity contribution is 7.99. The van der Waals surface area contributed by atoms with Crippen LogP contribution in [0.25, 0.3) is 0 Å². The average molecular weight is 243 g/mol. The molecule has 5 heteroatoms. The van der Waals surface area contributed by atoms with Gasteiger partial charge in [-0.3, -0.25) is 9.59 Å². The standard InChI is InChI=1S/C11H17NO3S/c1-16-6-9(13)12-5-8-3-2-4-11(8,7-12)10(14)15/h8H,2-7H2,1H3,(H,14,15)/t8-,11+/m0/s1. The Morgan fingerprint density at radius 1 is 1.56 bits per heavy atom. The lowest BCUT2D eigenvalue weighted by Gasteiger charge is -2.23. The minimum atomic E-state index is -0.713. The van der Waals surface area contributed by atoms with Gasteiger partial charge < -0.3 is 10.0 Å². The van der Waals surface area contributed by atoms with Gasteiger partial charge in [-0.25, -0.2) is 0 Å². The molecule has 0 radical (unpaired) electrons. The molecule has 0 unspecified atom stereocenters. The molecule has 0 aromatic carbocycles. The minimum Gasteiger partial charge on any atom is -0.481 e. The summed E-state index contributed by atoms with van der Waals surface area (Å²) in [5.74, 6) is 0.00961. The normalized spacial score (nSPS) is 32.8. The van der Waals surface area contributed by atoms with Crippen LogP contribution in [-0.4, -0.2) is 47.0 Å². The molecule has 0 bridgehead atoms. The van der Waals surface area contributed by atoms with Gasteiger partial charge in [-0.05, 0) is 25.0 Å². The Hall–Kier alpha value is -0.710. The van der Waals surface area contributed by atoms with E-state index in [0.29, 0.717) is 18.8 Å². The second-order valence-electron chi connectivity index (χ2n) is 4.76. The molecule has 1 heterocycles. The molecule has 1 aliphatic carbocycles. The lowest BCUT2D eigenvalue weighted by atomic mass is 9.81. The van der Waals surface area contributed by atoms with E-state index in [9.17, 15) is 14.7 Å². The average Bonchev–Trinajstić information content (AvgIpc) is 2.73. The minimum absolute atomic E-state index is 0.0857. The van der Waals surface area contributed by atoms with Gasteiger partial charge >= 0.3 is 5.97 Å². The Balaban J connectivity index is 2.10. The van der Waals surface area contributed by atoms with Gasteiger partial charge in [0.1, 0.15) is 0 Å². The monoisotopic (exact) mass is 243 g/mol. The maximum absolute atomic E-state index is 11.8. The SMILES string of the molecule is CSCC(=O)N1C[C@@H]2CCC[C@@]2(C(=O)O)C1. The Morgan fingerprint density at radius 3 is 2.88 bits per heavy atom. The first kappa shape index (κ1) is 11.8. The number of fused-ring (bicyclic) bond motifs is 1. The third-order valence-electron chi connectivity index (χ3n) is 3.92. The van der Waals surface area contributed by atoms with Crippen LogP contribution in [0.15, 0.2) is 0 Å². The van der Waals surface area contributed by atoms with Crippen molar-refractivity contribution in [2.45, 2.75) is 19.3 Å². The van der Waals surface area contributed by atoms with E-state index in [2.05, 4.69) is 0 Å². The number of aliphatic carboxylic acids is 1. The summed E-state index contributed by atoms with van der Waals surface area (Å²) in [5.41, 5.74) is -0.631. The van der Waals surface area contributed by atoms with Crippen molar-refractivity contribution in [3.8, 4) is 0 Å². The highest BCUT2D eigenvalue weighted by Crippen LogP contribution is 2.48. The first-order valence-electron chi connectivity index (χ1n) is 5.60. The zero-order valence-corrected chi connectivity index (χ0v) is 10.3. The number of nitrogens with zero attached hydrogens (tertiary/aromatic N) is 1. The van der Waals surface area contributed by atoms with Crippen LogP contribution in [0.5, 0.6) is 0 Å². The molecule has 2 fully saturated rings. The number of carbonyl (C=O) groups is 2. The van der Waals surface area contributed by atoms with Gasteiger partial charge in [-0.1, -0.05) is 6.42 Å². The van der Waals surface area contributed by atoms with Crippen molar-refractivity contribution in [2.24, 2.45) is 11.3 Å². The first-order valence-corrected chi connectivity index (χ1v) is 6.99. The van der Waals surface area contributed by atoms with Gasteiger partial charge in [-0.15, -0.1) is 0 Å². The second-order valence-corrected chi connectivity index (χ2v) is 5.62. The van der Waals surface area contributed by atoms with E-state index in [1.165, 1.54) is 11.8 Å². The summed E-state index contributed by atoms with van der Waals surface area (Å²) < 4.78 is 0. The number of likely N-dealkylation sites (tertiary alicyclic amines) is 1. The van der Waals surface area contributed by atoms with Crippen LogP contribution >= 0.6 is 11.8 Å². The Morgan fingerprint density at radius 2 is 2.31 bits per heavy atom. The van der Waals surface area contributed by atoms with Crippen LogP contribution in [0, 0.1) is 11.3 Å². The maximum atomic E-state index is 11.8. The molecule has 16 heavy (non-hydrogen) atoms. The van der Waals surface area contributed by atoms with Gasteiger partial charge in [0, 0.05) is 13.1 Å². The van der Waals surface area contributed by atoms with Crippen LogP contribution in [0.3, 0.4) is 0 Å². The topological polar surface area (TPSA) is 57.6 Å². The Bertz CT molecular complexity index is 320. The predicted molar refractivity (Wildman–Crippen MR) is 62.4 cm³/mol. The number of hydrogen-bond acceptors (Lipinski definition) is 3. The van der Waals surface area contributed by atoms with Crippen molar-refractivity contribution in [1.82, 2.24) is 4.90 Å². The van der Waals surface area contributed by atoms with E-state index < -0.39 is 11.4 Å². The molecule has 0 aromatic heterocycles. The van der Waals surface area contributed by atoms with Crippen LogP contribution < -0.4 is 0 Å². The molecule has 0 spiro atoms. The molecule has 2 rings (SSSR count). The molecular formula is C11H17NO3S. The molecule has 1 saturated carbocycles. The summed E-state index contributed by atoms with van der Waals surface area (Å²) in [4.78, 5) is 24.9. The molecule has 1 saturated heterocycles. The number of thioether (sulfide) groups is 1. The largest absolute Gasteiger partial charge is 0.481 e. The number of carboxylic acid groups (broad SMARTS) is 1. The number of rotatable bonds is 3. The van der Waals surface area contributed by atoms with Crippen LogP contribution in [0.2, 0.25) is 0 Å². The van der Waals surface area contributed by atoms with E-state index in [4.69, 9.17) is 0 Å². The third kappa shape index (κ3) is 1.71. The summed E-state index contributed by atoms with van der Waals surface area (Å²) in [6.07, 6.45) is 4.56. The van der Waals surface area contributed by atoms with Crippen LogP contribution in [-0.2, 0) is 9.59 Å². The van der Waals surface area contributed by atoms with E-state index in [1.54, 1.807) is 4.90 Å². The van der Waals surface area contributed by atoms with Crippen molar-refractivity contribution < 1.29 is 14.7 Å². The Kier molecular flexibility index (Phi) is 3.15. The highest BCUT2D eigenvalue weighted by atomic mass is 32.2. The lowest BCUT2D eigenvalue weighted by molar-refractivity contribution is -0.149. The van der Waals surface area contributed by atoms with Crippen molar-refractivity contribution in [3.05, 3.63) is 0 Å². The third-order valence-corrected chi connectivity index (χ3v) is 4.45. The fraction of sp³-hybridized carbons (Fsp3) is 0.818. The maximum Gasteiger partial charge on any atom is 0.311 e. The molecular weight excluding hydrogens is 226 g/mol. The van der Waals surface area contributed by atoms with E-state index in [-0.39, 0.29) is 11.8 Å². The Labute approximate surface area is 99.4 Å². The van der Waals surface area contributed by atoms with Crippen LogP contribution in [0.1, 0.15) is 19.3 Å². The summed E-state index contributed by atoms with van der Waals surface area (Å²) in [6.45, 7) is 1.07. The predicted octanol–water partition coefficient (Wildman–Crippen LogP) is 1.06. The quantitative estimate of drug-likeness (QED) is 0.805. The molecule has 0 aromatic rings. The number of carbonyl (C=O) groups excluding carboxylic acids is 1. The molecule has 4 nitrogen and oxygen atoms in total. The zero-order valence-electron chi connectivity index (χ0n) is 9.44. The summed E-state index contributed by atoms with van der Waals surface area (Å²) in [7, 11) is 0. The molecule has 1 aliphatic heterocycles. The van der Waals surface area contributed by atoms with Gasteiger partial charge in [-0.2, -0.15) is 11.8 Å². The number of amides is 1. The van der Waals surface area contributed by atoms with Crippen molar-refractivity contribution >= 4 is 23.6 Å². The smallest absolute Gasteiger partial charge is 0.311 e. The fourth-order valence-corrected chi connectivity index (χ4v) is 3.47. The summed E-state index contributed by atoms with van der Waals surface area (Å²) in [6, 6.07) is 0. The molecule has 2 atom stereocenters. The summed E-state index contributed by atoms with van der Waals surface area (Å²) >= 11 is 1.49. The van der Waals surface area contributed by atoms with Crippen molar-refractivity contribution in [3.63, 3.8) is 0 Å². The summed E-state index contributed by atoms with van der Waals surface area (Å²) in [5, 5.41) is 9.36. The molecule has 1 amide bonds. The van der Waals surface area contributed by atoms with Gasteiger partial charge in [0.05, 0.1) is 11.2 Å². The lowest BCUT2D eigenvalue weighted by Crippen LogP contribution is -2.37. The highest BCUT2D eigenvalue weighted by Gasteiger charge is 2.55. The molecule has 90 valence electrons. The van der Waals surface area contributed by atoms with Crippen LogP contribution in [0.4, 0.5) is 0 Å². The van der Waals surface area contributed by atoms with Crippen molar-refractivity contribution in [2.75, 3.05) is 25.1 Å². The molecule has 1 N–H and O–H groups in total.